The Hall–Kier alpha value is -2.67. The van der Waals surface area contributed by atoms with Crippen molar-refractivity contribution < 1.29 is 4.79 Å². The van der Waals surface area contributed by atoms with Crippen molar-refractivity contribution in [1.29, 1.82) is 0 Å². The number of nitrogens with zero attached hydrogens (tertiary/aromatic N) is 3. The molecule has 0 aliphatic heterocycles. The summed E-state index contributed by atoms with van der Waals surface area (Å²) in [6, 6.07) is 11.0. The summed E-state index contributed by atoms with van der Waals surface area (Å²) >= 11 is 1.24. The van der Waals surface area contributed by atoms with Gasteiger partial charge in [0.1, 0.15) is 5.82 Å². The van der Waals surface area contributed by atoms with Crippen LogP contribution in [-0.2, 0) is 4.79 Å². The second kappa shape index (κ2) is 8.56. The van der Waals surface area contributed by atoms with Crippen LogP contribution in [0.15, 0.2) is 52.5 Å². The highest BCUT2D eigenvalue weighted by molar-refractivity contribution is 7.99. The molecule has 0 spiro atoms. The summed E-state index contributed by atoms with van der Waals surface area (Å²) in [5.74, 6) is 0.970. The molecule has 7 heteroatoms. The Kier molecular flexibility index (Phi) is 6.14. The van der Waals surface area contributed by atoms with Crippen LogP contribution in [0.5, 0.6) is 0 Å². The quantitative estimate of drug-likeness (QED) is 0.511. The molecular weight excluding hydrogens is 372 g/mol. The lowest BCUT2D eigenvalue weighted by molar-refractivity contribution is -0.119. The molecule has 0 bridgehead atoms. The number of carbonyl (C=O) groups excluding carboxylic acids is 1. The molecule has 1 N–H and O–H groups in total. The van der Waals surface area contributed by atoms with Gasteiger partial charge in [0.15, 0.2) is 5.16 Å². The van der Waals surface area contributed by atoms with Crippen LogP contribution >= 0.6 is 11.8 Å². The number of nitrogens with one attached hydrogen (secondary N) is 1. The number of para-hydroxylation sites is 1. The maximum Gasteiger partial charge on any atom is 0.267 e. The Morgan fingerprint density at radius 2 is 1.93 bits per heavy atom. The smallest absolute Gasteiger partial charge is 0.267 e. The van der Waals surface area contributed by atoms with E-state index in [2.05, 4.69) is 29.1 Å². The van der Waals surface area contributed by atoms with Crippen molar-refractivity contribution in [3.05, 3.63) is 58.5 Å². The molecule has 0 saturated carbocycles. The number of aryl methyl sites for hydroxylation is 1. The number of thioether (sulfide) groups is 1. The third-order valence-corrected chi connectivity index (χ3v) is 5.60. The average Bonchev–Trinajstić information content (AvgIpc) is 2.67. The summed E-state index contributed by atoms with van der Waals surface area (Å²) in [5, 5.41) is 3.96. The van der Waals surface area contributed by atoms with Crippen LogP contribution in [0.2, 0.25) is 0 Å². The van der Waals surface area contributed by atoms with Crippen LogP contribution in [0.4, 0.5) is 0 Å². The topological polar surface area (TPSA) is 76.9 Å². The molecule has 3 aromatic rings. The number of carbonyl (C=O) groups is 1. The van der Waals surface area contributed by atoms with Gasteiger partial charge in [-0.05, 0) is 43.5 Å². The Balaban J connectivity index is 2.01. The Morgan fingerprint density at radius 3 is 2.64 bits per heavy atom. The highest BCUT2D eigenvalue weighted by Crippen LogP contribution is 2.21. The molecule has 2 aromatic heterocycles. The number of pyridine rings is 1. The average molecular weight is 397 g/mol. The van der Waals surface area contributed by atoms with Gasteiger partial charge < -0.3 is 5.32 Å². The van der Waals surface area contributed by atoms with E-state index in [0.29, 0.717) is 27.8 Å². The van der Waals surface area contributed by atoms with Gasteiger partial charge in [-0.1, -0.05) is 43.8 Å². The first-order chi connectivity index (χ1) is 13.4. The molecule has 6 nitrogen and oxygen atoms in total. The minimum absolute atomic E-state index is 0.0814. The number of fused-ring (bicyclic) bond motifs is 1. The number of benzene rings is 1. The Labute approximate surface area is 168 Å². The van der Waals surface area contributed by atoms with Crippen molar-refractivity contribution in [2.75, 3.05) is 5.75 Å². The standard InChI is InChI=1S/C21H24N4O2S/c1-13(2)15(4)23-18(26)12-28-21-24-17-10-6-5-9-16(17)20(27)25(21)19-14(3)8-7-11-22-19/h5-11,13,15H,12H2,1-4H3,(H,23,26). The SMILES string of the molecule is Cc1cccnc1-n1c(SCC(=O)NC(C)C(C)C)nc2ccccc2c1=O. The van der Waals surface area contributed by atoms with E-state index in [-0.39, 0.29) is 23.3 Å². The maximum atomic E-state index is 13.2. The first-order valence-corrected chi connectivity index (χ1v) is 10.2. The third-order valence-electron chi connectivity index (χ3n) is 4.66. The molecule has 0 radical (unpaired) electrons. The summed E-state index contributed by atoms with van der Waals surface area (Å²) in [5.41, 5.74) is 1.28. The van der Waals surface area contributed by atoms with Gasteiger partial charge in [-0.2, -0.15) is 0 Å². The number of aromatic nitrogens is 3. The zero-order valence-electron chi connectivity index (χ0n) is 16.5. The third kappa shape index (κ3) is 4.25. The summed E-state index contributed by atoms with van der Waals surface area (Å²) in [7, 11) is 0. The normalized spacial score (nSPS) is 12.3. The van der Waals surface area contributed by atoms with E-state index in [1.165, 1.54) is 16.3 Å². The van der Waals surface area contributed by atoms with Gasteiger partial charge in [0.25, 0.3) is 5.56 Å². The Bertz CT molecular complexity index is 1060. The number of hydrogen-bond acceptors (Lipinski definition) is 5. The van der Waals surface area contributed by atoms with Crippen molar-refractivity contribution in [2.24, 2.45) is 5.92 Å². The van der Waals surface area contributed by atoms with E-state index in [1.54, 1.807) is 18.3 Å². The van der Waals surface area contributed by atoms with Crippen molar-refractivity contribution in [3.63, 3.8) is 0 Å². The fourth-order valence-electron chi connectivity index (χ4n) is 2.70. The van der Waals surface area contributed by atoms with Gasteiger partial charge in [0.05, 0.1) is 16.7 Å². The highest BCUT2D eigenvalue weighted by Gasteiger charge is 2.17. The summed E-state index contributed by atoms with van der Waals surface area (Å²) in [6.07, 6.45) is 1.65. The van der Waals surface area contributed by atoms with Crippen LogP contribution in [0.1, 0.15) is 26.3 Å². The van der Waals surface area contributed by atoms with Crippen molar-refractivity contribution >= 4 is 28.6 Å². The molecule has 1 aromatic carbocycles. The number of rotatable bonds is 6. The maximum absolute atomic E-state index is 13.2. The molecule has 1 atom stereocenters. The summed E-state index contributed by atoms with van der Waals surface area (Å²) in [4.78, 5) is 34.5. The van der Waals surface area contributed by atoms with Crippen molar-refractivity contribution in [1.82, 2.24) is 19.9 Å². The molecule has 1 unspecified atom stereocenters. The van der Waals surface area contributed by atoms with Crippen LogP contribution in [0.25, 0.3) is 16.7 Å². The summed E-state index contributed by atoms with van der Waals surface area (Å²) < 4.78 is 1.50. The summed E-state index contributed by atoms with van der Waals surface area (Å²) in [6.45, 7) is 8.00. The fraction of sp³-hybridized carbons (Fsp3) is 0.333. The van der Waals surface area contributed by atoms with Gasteiger partial charge in [-0.3, -0.25) is 9.59 Å². The van der Waals surface area contributed by atoms with E-state index < -0.39 is 0 Å². The number of amides is 1. The molecule has 0 aliphatic carbocycles. The lowest BCUT2D eigenvalue weighted by atomic mass is 10.1. The lowest BCUT2D eigenvalue weighted by Crippen LogP contribution is -2.37. The second-order valence-electron chi connectivity index (χ2n) is 7.08. The van der Waals surface area contributed by atoms with Crippen LogP contribution in [-0.4, -0.2) is 32.2 Å². The molecule has 3 rings (SSSR count). The largest absolute Gasteiger partial charge is 0.353 e. The van der Waals surface area contributed by atoms with Crippen LogP contribution in [0.3, 0.4) is 0 Å². The van der Waals surface area contributed by atoms with Gasteiger partial charge in [0.2, 0.25) is 5.91 Å². The lowest BCUT2D eigenvalue weighted by Gasteiger charge is -2.18. The minimum Gasteiger partial charge on any atom is -0.353 e. The van der Waals surface area contributed by atoms with Gasteiger partial charge in [-0.25, -0.2) is 14.5 Å². The first kappa shape index (κ1) is 20.1. The van der Waals surface area contributed by atoms with Crippen molar-refractivity contribution in [2.45, 2.75) is 38.9 Å². The predicted molar refractivity (Wildman–Crippen MR) is 113 cm³/mol. The van der Waals surface area contributed by atoms with Crippen molar-refractivity contribution in [3.8, 4) is 5.82 Å². The van der Waals surface area contributed by atoms with Gasteiger partial charge >= 0.3 is 0 Å². The molecule has 28 heavy (non-hydrogen) atoms. The van der Waals surface area contributed by atoms with Gasteiger partial charge in [-0.15, -0.1) is 0 Å². The van der Waals surface area contributed by atoms with E-state index in [0.717, 1.165) is 5.56 Å². The monoisotopic (exact) mass is 396 g/mol. The Morgan fingerprint density at radius 1 is 1.18 bits per heavy atom. The second-order valence-corrected chi connectivity index (χ2v) is 8.03. The first-order valence-electron chi connectivity index (χ1n) is 9.24. The molecule has 0 aliphatic rings. The number of hydrogen-bond donors (Lipinski definition) is 1. The zero-order valence-corrected chi connectivity index (χ0v) is 17.3. The predicted octanol–water partition coefficient (Wildman–Crippen LogP) is 3.34. The molecule has 1 amide bonds. The van der Waals surface area contributed by atoms with E-state index in [1.807, 2.05) is 38.1 Å². The van der Waals surface area contributed by atoms with Crippen LogP contribution < -0.4 is 10.9 Å². The molecule has 0 saturated heterocycles. The highest BCUT2D eigenvalue weighted by atomic mass is 32.2. The fourth-order valence-corrected chi connectivity index (χ4v) is 3.50. The zero-order chi connectivity index (χ0) is 20.3. The van der Waals surface area contributed by atoms with Gasteiger partial charge in [0, 0.05) is 12.2 Å². The van der Waals surface area contributed by atoms with E-state index >= 15 is 0 Å². The molecule has 0 fully saturated rings. The molecule has 2 heterocycles. The van der Waals surface area contributed by atoms with Crippen LogP contribution in [0, 0.1) is 12.8 Å². The molecular formula is C21H24N4O2S. The minimum atomic E-state index is -0.189. The van der Waals surface area contributed by atoms with E-state index in [4.69, 9.17) is 0 Å². The molecule has 146 valence electrons. The van der Waals surface area contributed by atoms with E-state index in [9.17, 15) is 9.59 Å².